The van der Waals surface area contributed by atoms with E-state index in [2.05, 4.69) is 4.98 Å². The first kappa shape index (κ1) is 13.8. The van der Waals surface area contributed by atoms with Crippen molar-refractivity contribution >= 4 is 26.3 Å². The molecular weight excluding hydrogens is 272 g/mol. The molecule has 1 aliphatic heterocycles. The van der Waals surface area contributed by atoms with Gasteiger partial charge in [0.2, 0.25) is 0 Å². The molecule has 0 amide bonds. The quantitative estimate of drug-likeness (QED) is 0.884. The zero-order valence-corrected chi connectivity index (χ0v) is 12.2. The van der Waals surface area contributed by atoms with E-state index in [4.69, 9.17) is 0 Å². The summed E-state index contributed by atoms with van der Waals surface area (Å²) < 4.78 is 23.1. The lowest BCUT2D eigenvalue weighted by Crippen LogP contribution is -2.26. The fourth-order valence-electron chi connectivity index (χ4n) is 2.05. The molecule has 0 spiro atoms. The lowest BCUT2D eigenvalue weighted by molar-refractivity contribution is 0.202. The van der Waals surface area contributed by atoms with Gasteiger partial charge in [-0.15, -0.1) is 0 Å². The maximum absolute atomic E-state index is 11.5. The van der Waals surface area contributed by atoms with Gasteiger partial charge in [0.15, 0.2) is 15.0 Å². The number of anilines is 1. The lowest BCUT2D eigenvalue weighted by Gasteiger charge is -2.17. The first-order chi connectivity index (χ1) is 8.39. The molecule has 1 atom stereocenters. The van der Waals surface area contributed by atoms with Gasteiger partial charge in [-0.1, -0.05) is 11.3 Å². The summed E-state index contributed by atoms with van der Waals surface area (Å²) >= 11 is 1.45. The average molecular weight is 290 g/mol. The van der Waals surface area contributed by atoms with Gasteiger partial charge < -0.3 is 10.0 Å². The second-order valence-corrected chi connectivity index (χ2v) is 7.93. The average Bonchev–Trinajstić information content (AvgIpc) is 2.55. The molecule has 0 aliphatic carbocycles. The molecule has 1 aromatic heterocycles. The van der Waals surface area contributed by atoms with Gasteiger partial charge in [0.1, 0.15) is 0 Å². The Balaban J connectivity index is 2.19. The molecule has 1 aromatic rings. The smallest absolute Gasteiger partial charge is 0.185 e. The number of aliphatic hydroxyl groups excluding tert-OH is 1. The Morgan fingerprint density at radius 2 is 2.11 bits per heavy atom. The summed E-state index contributed by atoms with van der Waals surface area (Å²) in [6.07, 6.45) is 0.122. The molecule has 1 saturated heterocycles. The summed E-state index contributed by atoms with van der Waals surface area (Å²) in [5, 5.41) is 10.4. The van der Waals surface area contributed by atoms with Crippen LogP contribution in [0.25, 0.3) is 0 Å². The highest BCUT2D eigenvalue weighted by atomic mass is 32.2. The Kier molecular flexibility index (Phi) is 3.93. The van der Waals surface area contributed by atoms with E-state index in [9.17, 15) is 13.5 Å². The molecule has 102 valence electrons. The summed E-state index contributed by atoms with van der Waals surface area (Å²) in [4.78, 5) is 7.30. The minimum absolute atomic E-state index is 0.190. The van der Waals surface area contributed by atoms with Crippen LogP contribution in [-0.4, -0.2) is 43.1 Å². The Morgan fingerprint density at radius 3 is 2.72 bits per heavy atom. The number of rotatable bonds is 2. The number of nitrogens with zero attached hydrogens (tertiary/aromatic N) is 2. The van der Waals surface area contributed by atoms with E-state index in [0.717, 1.165) is 15.7 Å². The van der Waals surface area contributed by atoms with Crippen LogP contribution in [-0.2, 0) is 9.84 Å². The highest BCUT2D eigenvalue weighted by Gasteiger charge is 2.22. The van der Waals surface area contributed by atoms with Crippen LogP contribution in [0.1, 0.15) is 30.0 Å². The van der Waals surface area contributed by atoms with E-state index in [0.29, 0.717) is 19.5 Å². The van der Waals surface area contributed by atoms with E-state index in [1.807, 2.05) is 11.8 Å². The van der Waals surface area contributed by atoms with Gasteiger partial charge in [-0.2, -0.15) is 0 Å². The second-order valence-electron chi connectivity index (χ2n) is 4.61. The predicted octanol–water partition coefficient (Wildman–Crippen LogP) is 1.13. The molecule has 1 fully saturated rings. The molecule has 5 nitrogen and oxygen atoms in total. The van der Waals surface area contributed by atoms with E-state index >= 15 is 0 Å². The van der Waals surface area contributed by atoms with Crippen molar-refractivity contribution in [2.75, 3.05) is 29.5 Å². The molecule has 0 aromatic carbocycles. The van der Waals surface area contributed by atoms with Gasteiger partial charge in [-0.05, 0) is 20.3 Å². The number of aryl methyl sites for hydroxylation is 1. The van der Waals surface area contributed by atoms with Crippen molar-refractivity contribution < 1.29 is 13.5 Å². The fraction of sp³-hybridized carbons (Fsp3) is 0.727. The highest BCUT2D eigenvalue weighted by molar-refractivity contribution is 7.91. The predicted molar refractivity (Wildman–Crippen MR) is 73.0 cm³/mol. The third-order valence-corrected chi connectivity index (χ3v) is 6.13. The van der Waals surface area contributed by atoms with Crippen LogP contribution in [0.4, 0.5) is 5.13 Å². The molecule has 1 unspecified atom stereocenters. The second kappa shape index (κ2) is 5.14. The summed E-state index contributed by atoms with van der Waals surface area (Å²) in [7, 11) is -2.89. The largest absolute Gasteiger partial charge is 0.388 e. The van der Waals surface area contributed by atoms with Crippen molar-refractivity contribution in [1.82, 2.24) is 4.98 Å². The standard InChI is InChI=1S/C11H18N2O3S2/c1-8-10(9(2)14)17-11(12-8)13-4-3-6-18(15,16)7-5-13/h9,14H,3-7H2,1-2H3. The molecule has 1 aliphatic rings. The third-order valence-electron chi connectivity index (χ3n) is 3.03. The number of aromatic nitrogens is 1. The zero-order chi connectivity index (χ0) is 13.3. The summed E-state index contributed by atoms with van der Waals surface area (Å²) in [5.41, 5.74) is 0.831. The minimum atomic E-state index is -2.89. The van der Waals surface area contributed by atoms with Crippen molar-refractivity contribution in [2.45, 2.75) is 26.4 Å². The molecule has 0 radical (unpaired) electrons. The van der Waals surface area contributed by atoms with Gasteiger partial charge in [0.25, 0.3) is 0 Å². The zero-order valence-electron chi connectivity index (χ0n) is 10.6. The van der Waals surface area contributed by atoms with Crippen LogP contribution in [0.5, 0.6) is 0 Å². The topological polar surface area (TPSA) is 70.5 Å². The molecule has 7 heteroatoms. The fourth-order valence-corrected chi connectivity index (χ4v) is 4.37. The number of thiazole rings is 1. The van der Waals surface area contributed by atoms with Gasteiger partial charge >= 0.3 is 0 Å². The Hall–Kier alpha value is -0.660. The van der Waals surface area contributed by atoms with E-state index in [1.165, 1.54) is 11.3 Å². The van der Waals surface area contributed by atoms with Crippen LogP contribution in [0.3, 0.4) is 0 Å². The van der Waals surface area contributed by atoms with Crippen molar-refractivity contribution in [3.63, 3.8) is 0 Å². The van der Waals surface area contributed by atoms with Gasteiger partial charge in [0.05, 0.1) is 28.2 Å². The van der Waals surface area contributed by atoms with Crippen LogP contribution < -0.4 is 4.90 Å². The Morgan fingerprint density at radius 1 is 1.39 bits per heavy atom. The Bertz CT molecular complexity index is 522. The van der Waals surface area contributed by atoms with Crippen LogP contribution in [0.15, 0.2) is 0 Å². The van der Waals surface area contributed by atoms with Crippen molar-refractivity contribution in [2.24, 2.45) is 0 Å². The molecule has 2 heterocycles. The molecule has 18 heavy (non-hydrogen) atoms. The maximum atomic E-state index is 11.5. The van der Waals surface area contributed by atoms with Gasteiger partial charge in [0, 0.05) is 13.1 Å². The number of aliphatic hydroxyl groups is 1. The first-order valence-corrected chi connectivity index (χ1v) is 8.63. The number of hydrogen-bond acceptors (Lipinski definition) is 6. The summed E-state index contributed by atoms with van der Waals surface area (Å²) in [5.74, 6) is 0.451. The SMILES string of the molecule is Cc1nc(N2CCCS(=O)(=O)CC2)sc1C(C)O. The molecular formula is C11H18N2O3S2. The molecule has 1 N–H and O–H groups in total. The minimum Gasteiger partial charge on any atom is -0.388 e. The summed E-state index contributed by atoms with van der Waals surface area (Å²) in [6.45, 7) is 4.80. The monoisotopic (exact) mass is 290 g/mol. The van der Waals surface area contributed by atoms with Gasteiger partial charge in [-0.3, -0.25) is 0 Å². The van der Waals surface area contributed by atoms with Crippen molar-refractivity contribution in [1.29, 1.82) is 0 Å². The van der Waals surface area contributed by atoms with Crippen molar-refractivity contribution in [3.05, 3.63) is 10.6 Å². The Labute approximate surface area is 111 Å². The molecule has 2 rings (SSSR count). The van der Waals surface area contributed by atoms with Crippen LogP contribution in [0.2, 0.25) is 0 Å². The van der Waals surface area contributed by atoms with E-state index in [-0.39, 0.29) is 11.5 Å². The van der Waals surface area contributed by atoms with Crippen molar-refractivity contribution in [3.8, 4) is 0 Å². The normalized spacial score (nSPS) is 21.6. The highest BCUT2D eigenvalue weighted by Crippen LogP contribution is 2.31. The van der Waals surface area contributed by atoms with Crippen LogP contribution >= 0.6 is 11.3 Å². The number of hydrogen-bond donors (Lipinski definition) is 1. The third kappa shape index (κ3) is 3.02. The van der Waals surface area contributed by atoms with Gasteiger partial charge in [-0.25, -0.2) is 13.4 Å². The molecule has 0 bridgehead atoms. The van der Waals surface area contributed by atoms with Crippen LogP contribution in [0, 0.1) is 6.92 Å². The van der Waals surface area contributed by atoms with E-state index < -0.39 is 15.9 Å². The summed E-state index contributed by atoms with van der Waals surface area (Å²) in [6, 6.07) is 0. The number of sulfone groups is 1. The van der Waals surface area contributed by atoms with E-state index in [1.54, 1.807) is 6.92 Å². The first-order valence-electron chi connectivity index (χ1n) is 6.00. The maximum Gasteiger partial charge on any atom is 0.185 e. The lowest BCUT2D eigenvalue weighted by atomic mass is 10.3. The molecule has 0 saturated carbocycles.